The number of methoxy groups -OCH3 is 1. The van der Waals surface area contributed by atoms with Gasteiger partial charge in [-0.1, -0.05) is 24.3 Å². The first kappa shape index (κ1) is 22.6. The Morgan fingerprint density at radius 1 is 1.06 bits per heavy atom. The number of benzene rings is 2. The lowest BCUT2D eigenvalue weighted by molar-refractivity contribution is -0.137. The second-order valence-corrected chi connectivity index (χ2v) is 6.92. The highest BCUT2D eigenvalue weighted by molar-refractivity contribution is 5.59. The molecule has 0 saturated carbocycles. The maximum atomic E-state index is 12.7. The maximum absolute atomic E-state index is 12.7. The summed E-state index contributed by atoms with van der Waals surface area (Å²) in [5.74, 6) is 1.36. The first-order chi connectivity index (χ1) is 16.4. The van der Waals surface area contributed by atoms with Crippen molar-refractivity contribution in [2.45, 2.75) is 12.8 Å². The molecular weight excluding hydrogens is 451 g/mol. The summed E-state index contributed by atoms with van der Waals surface area (Å²) in [7, 11) is 1.57. The number of oxazole rings is 1. The van der Waals surface area contributed by atoms with Gasteiger partial charge in [-0.25, -0.2) is 4.98 Å². The fourth-order valence-electron chi connectivity index (χ4n) is 2.90. The molecule has 11 heteroatoms. The van der Waals surface area contributed by atoms with E-state index in [9.17, 15) is 18.4 Å². The molecule has 4 rings (SSSR count). The molecule has 2 heterocycles. The van der Waals surface area contributed by atoms with Crippen LogP contribution in [-0.2, 0) is 12.8 Å². The largest absolute Gasteiger partial charge is 0.497 e. The lowest BCUT2D eigenvalue weighted by atomic mass is 10.1. The first-order valence-corrected chi connectivity index (χ1v) is 9.80. The van der Waals surface area contributed by atoms with Crippen molar-refractivity contribution in [1.82, 2.24) is 15.2 Å². The third-order valence-corrected chi connectivity index (χ3v) is 4.66. The Labute approximate surface area is 191 Å². The van der Waals surface area contributed by atoms with Crippen molar-refractivity contribution in [2.75, 3.05) is 12.4 Å². The highest BCUT2D eigenvalue weighted by Gasteiger charge is 2.30. The highest BCUT2D eigenvalue weighted by Crippen LogP contribution is 2.32. The number of nitrogens with one attached hydrogen (secondary N) is 1. The number of alkyl halides is 3. The van der Waals surface area contributed by atoms with Crippen LogP contribution in [0.1, 0.15) is 16.8 Å². The number of rotatable bonds is 7. The summed E-state index contributed by atoms with van der Waals surface area (Å²) >= 11 is 0. The van der Waals surface area contributed by atoms with Crippen molar-refractivity contribution in [3.05, 3.63) is 77.6 Å². The summed E-state index contributed by atoms with van der Waals surface area (Å²) in [6.07, 6.45) is -3.06. The van der Waals surface area contributed by atoms with E-state index >= 15 is 0 Å². The topological polar surface area (TPSA) is 106 Å². The van der Waals surface area contributed by atoms with Gasteiger partial charge in [-0.3, -0.25) is 5.32 Å². The Morgan fingerprint density at radius 2 is 1.79 bits per heavy atom. The molecule has 2 aromatic carbocycles. The Balaban J connectivity index is 1.47. The summed E-state index contributed by atoms with van der Waals surface area (Å²) in [6, 6.07) is 15.2. The third kappa shape index (κ3) is 5.24. The summed E-state index contributed by atoms with van der Waals surface area (Å²) in [6.45, 7) is 0.181. The fraction of sp³-hybridized carbons (Fsp3) is 0.130. The zero-order chi connectivity index (χ0) is 24.1. The predicted molar refractivity (Wildman–Crippen MR) is 114 cm³/mol. The minimum atomic E-state index is -4.42. The number of aromatic nitrogens is 3. The van der Waals surface area contributed by atoms with E-state index in [0.29, 0.717) is 11.3 Å². The van der Waals surface area contributed by atoms with Crippen molar-refractivity contribution >= 4 is 11.8 Å². The summed E-state index contributed by atoms with van der Waals surface area (Å²) in [5, 5.41) is 19.8. The van der Waals surface area contributed by atoms with E-state index in [2.05, 4.69) is 20.5 Å². The summed E-state index contributed by atoms with van der Waals surface area (Å²) in [5.41, 5.74) is 0.508. The van der Waals surface area contributed by atoms with Crippen molar-refractivity contribution < 1.29 is 27.1 Å². The van der Waals surface area contributed by atoms with Crippen molar-refractivity contribution in [3.8, 4) is 28.9 Å². The molecule has 0 atom stereocenters. The lowest BCUT2D eigenvalue weighted by Gasteiger charge is -2.09. The van der Waals surface area contributed by atoms with Crippen molar-refractivity contribution in [2.24, 2.45) is 0 Å². The van der Waals surface area contributed by atoms with Crippen LogP contribution in [-0.4, -0.2) is 22.3 Å². The minimum absolute atomic E-state index is 0.00286. The van der Waals surface area contributed by atoms with E-state index in [1.54, 1.807) is 19.2 Å². The molecule has 0 saturated heterocycles. The van der Waals surface area contributed by atoms with E-state index in [4.69, 9.17) is 13.9 Å². The SMILES string of the molecule is COc1ccc(COc2cc(Nc3ncc(-c4ccc(C(F)(F)F)cc4)o3)nnc2C#N)cc1. The zero-order valence-electron chi connectivity index (χ0n) is 17.6. The molecule has 4 aromatic rings. The molecule has 0 bridgehead atoms. The maximum Gasteiger partial charge on any atom is 0.416 e. The molecule has 0 aliphatic heterocycles. The van der Waals surface area contributed by atoms with Crippen LogP contribution in [0.5, 0.6) is 11.5 Å². The second-order valence-electron chi connectivity index (χ2n) is 6.92. The van der Waals surface area contributed by atoms with Crippen LogP contribution in [0.25, 0.3) is 11.3 Å². The number of nitriles is 1. The average Bonchev–Trinajstić information content (AvgIpc) is 3.31. The first-order valence-electron chi connectivity index (χ1n) is 9.80. The molecule has 0 amide bonds. The number of hydrogen-bond acceptors (Lipinski definition) is 8. The van der Waals surface area contributed by atoms with Crippen LogP contribution >= 0.6 is 0 Å². The number of nitrogens with zero attached hydrogens (tertiary/aromatic N) is 4. The van der Waals surface area contributed by atoms with Crippen LogP contribution in [0.4, 0.5) is 25.0 Å². The van der Waals surface area contributed by atoms with E-state index in [-0.39, 0.29) is 35.6 Å². The number of anilines is 2. The van der Waals surface area contributed by atoms with Gasteiger partial charge in [0, 0.05) is 11.6 Å². The standard InChI is InChI=1S/C23H16F3N5O3/c1-32-17-8-2-14(3-9-17)13-33-19-10-21(31-30-18(19)11-27)29-22-28-12-20(34-22)15-4-6-16(7-5-15)23(24,25)26/h2-10,12H,13H2,1H3,(H,28,29,31). The molecule has 0 spiro atoms. The third-order valence-electron chi connectivity index (χ3n) is 4.66. The Morgan fingerprint density at radius 3 is 2.44 bits per heavy atom. The van der Waals surface area contributed by atoms with Gasteiger partial charge in [0.05, 0.1) is 18.9 Å². The summed E-state index contributed by atoms with van der Waals surface area (Å²) < 4.78 is 54.6. The molecule has 172 valence electrons. The molecule has 0 fully saturated rings. The Hall–Kier alpha value is -4.59. The van der Waals surface area contributed by atoms with Crippen LogP contribution < -0.4 is 14.8 Å². The van der Waals surface area contributed by atoms with E-state index in [1.165, 1.54) is 24.4 Å². The number of ether oxygens (including phenoxy) is 2. The van der Waals surface area contributed by atoms with Crippen LogP contribution in [0.3, 0.4) is 0 Å². The normalized spacial score (nSPS) is 11.0. The van der Waals surface area contributed by atoms with Gasteiger partial charge in [-0.15, -0.1) is 10.2 Å². The predicted octanol–water partition coefficient (Wildman–Crippen LogP) is 5.35. The quantitative estimate of drug-likeness (QED) is 0.388. The molecule has 8 nitrogen and oxygen atoms in total. The van der Waals surface area contributed by atoms with E-state index in [1.807, 2.05) is 18.2 Å². The lowest BCUT2D eigenvalue weighted by Crippen LogP contribution is -2.03. The van der Waals surface area contributed by atoms with E-state index < -0.39 is 11.7 Å². The summed E-state index contributed by atoms with van der Waals surface area (Å²) in [4.78, 5) is 4.06. The van der Waals surface area contributed by atoms with Crippen LogP contribution in [0.15, 0.2) is 65.2 Å². The van der Waals surface area contributed by atoms with Crippen molar-refractivity contribution in [1.29, 1.82) is 5.26 Å². The monoisotopic (exact) mass is 467 g/mol. The molecule has 34 heavy (non-hydrogen) atoms. The molecule has 2 aromatic heterocycles. The van der Waals surface area contributed by atoms with Gasteiger partial charge in [0.15, 0.2) is 17.3 Å². The highest BCUT2D eigenvalue weighted by atomic mass is 19.4. The van der Waals surface area contributed by atoms with E-state index in [0.717, 1.165) is 17.7 Å². The zero-order valence-corrected chi connectivity index (χ0v) is 17.6. The molecular formula is C23H16F3N5O3. The second kappa shape index (κ2) is 9.50. The average molecular weight is 467 g/mol. The fourth-order valence-corrected chi connectivity index (χ4v) is 2.90. The van der Waals surface area contributed by atoms with Gasteiger partial charge in [0.1, 0.15) is 18.4 Å². The molecule has 0 aliphatic rings. The molecule has 1 N–H and O–H groups in total. The van der Waals surface area contributed by atoms with Crippen LogP contribution in [0, 0.1) is 11.3 Å². The van der Waals surface area contributed by atoms with Gasteiger partial charge in [0.2, 0.25) is 5.69 Å². The van der Waals surface area contributed by atoms with Gasteiger partial charge >= 0.3 is 12.2 Å². The van der Waals surface area contributed by atoms with Gasteiger partial charge in [0.25, 0.3) is 0 Å². The number of hydrogen-bond donors (Lipinski definition) is 1. The molecule has 0 radical (unpaired) electrons. The number of halogens is 3. The molecule has 0 unspecified atom stereocenters. The smallest absolute Gasteiger partial charge is 0.416 e. The Kier molecular flexibility index (Phi) is 6.31. The molecule has 0 aliphatic carbocycles. The van der Waals surface area contributed by atoms with Crippen LogP contribution in [0.2, 0.25) is 0 Å². The minimum Gasteiger partial charge on any atom is -0.497 e. The van der Waals surface area contributed by atoms with Gasteiger partial charge in [-0.2, -0.15) is 18.4 Å². The van der Waals surface area contributed by atoms with Gasteiger partial charge < -0.3 is 13.9 Å². The van der Waals surface area contributed by atoms with Crippen molar-refractivity contribution in [3.63, 3.8) is 0 Å². The Bertz CT molecular complexity index is 1310. The van der Waals surface area contributed by atoms with Gasteiger partial charge in [-0.05, 0) is 29.8 Å².